The molecule has 1 heterocycles. The third-order valence-electron chi connectivity index (χ3n) is 4.35. The van der Waals surface area contributed by atoms with E-state index in [0.717, 1.165) is 0 Å². The molecule has 3 rings (SSSR count). The fourth-order valence-corrected chi connectivity index (χ4v) is 3.17. The van der Waals surface area contributed by atoms with E-state index in [1.807, 2.05) is 0 Å². The van der Waals surface area contributed by atoms with Gasteiger partial charge in [-0.1, -0.05) is 24.3 Å². The summed E-state index contributed by atoms with van der Waals surface area (Å²) in [5.74, 6) is -1.96. The standard InChI is InChI=1S/C19H17F4NO4/c20-14-6-4-12(5-7-14)17(18(25)26)24-8-9-27-16(11-24)13-2-1-3-15(10-13)28-19(21,22)23/h1-7,10,16-17H,8-9,11H2,(H,25,26). The van der Waals surface area contributed by atoms with Crippen molar-refractivity contribution in [2.24, 2.45) is 0 Å². The van der Waals surface area contributed by atoms with Gasteiger partial charge in [0.2, 0.25) is 0 Å². The maximum absolute atomic E-state index is 13.2. The van der Waals surface area contributed by atoms with Gasteiger partial charge in [0.15, 0.2) is 0 Å². The molecule has 0 spiro atoms. The van der Waals surface area contributed by atoms with E-state index >= 15 is 0 Å². The Kier molecular flexibility index (Phi) is 5.85. The highest BCUT2D eigenvalue weighted by Gasteiger charge is 2.34. The highest BCUT2D eigenvalue weighted by molar-refractivity contribution is 5.75. The van der Waals surface area contributed by atoms with Crippen molar-refractivity contribution in [2.45, 2.75) is 18.5 Å². The zero-order valence-electron chi connectivity index (χ0n) is 14.5. The fraction of sp³-hybridized carbons (Fsp3) is 0.316. The molecule has 2 unspecified atom stereocenters. The van der Waals surface area contributed by atoms with Crippen molar-refractivity contribution >= 4 is 5.97 Å². The van der Waals surface area contributed by atoms with Gasteiger partial charge in [0, 0.05) is 13.1 Å². The number of nitrogens with zero attached hydrogens (tertiary/aromatic N) is 1. The van der Waals surface area contributed by atoms with Crippen LogP contribution < -0.4 is 4.74 Å². The topological polar surface area (TPSA) is 59.0 Å². The number of carbonyl (C=O) groups is 1. The molecule has 1 N–H and O–H groups in total. The van der Waals surface area contributed by atoms with E-state index in [0.29, 0.717) is 17.7 Å². The first-order valence-electron chi connectivity index (χ1n) is 8.42. The Hall–Kier alpha value is -2.65. The lowest BCUT2D eigenvalue weighted by Gasteiger charge is -2.36. The first kappa shape index (κ1) is 20.1. The van der Waals surface area contributed by atoms with Crippen LogP contribution in [0.15, 0.2) is 48.5 Å². The zero-order chi connectivity index (χ0) is 20.3. The minimum absolute atomic E-state index is 0.143. The number of ether oxygens (including phenoxy) is 2. The summed E-state index contributed by atoms with van der Waals surface area (Å²) in [6.07, 6.45) is -5.44. The van der Waals surface area contributed by atoms with E-state index in [-0.39, 0.29) is 18.9 Å². The highest BCUT2D eigenvalue weighted by Crippen LogP contribution is 2.32. The van der Waals surface area contributed by atoms with Gasteiger partial charge >= 0.3 is 12.3 Å². The summed E-state index contributed by atoms with van der Waals surface area (Å²) in [7, 11) is 0. The second kappa shape index (κ2) is 8.15. The Balaban J connectivity index is 1.80. The molecule has 1 aliphatic heterocycles. The van der Waals surface area contributed by atoms with Gasteiger partial charge in [0.05, 0.1) is 12.7 Å². The van der Waals surface area contributed by atoms with Crippen LogP contribution in [0.3, 0.4) is 0 Å². The molecular weight excluding hydrogens is 382 g/mol. The van der Waals surface area contributed by atoms with Gasteiger partial charge in [-0.3, -0.25) is 9.69 Å². The van der Waals surface area contributed by atoms with Crippen molar-refractivity contribution in [1.29, 1.82) is 0 Å². The lowest BCUT2D eigenvalue weighted by atomic mass is 10.0. The average molecular weight is 399 g/mol. The molecule has 1 saturated heterocycles. The minimum Gasteiger partial charge on any atom is -0.480 e. The van der Waals surface area contributed by atoms with Crippen molar-refractivity contribution in [2.75, 3.05) is 19.7 Å². The Morgan fingerprint density at radius 1 is 1.21 bits per heavy atom. The van der Waals surface area contributed by atoms with E-state index in [1.165, 1.54) is 42.5 Å². The lowest BCUT2D eigenvalue weighted by Crippen LogP contribution is -2.43. The summed E-state index contributed by atoms with van der Waals surface area (Å²) in [4.78, 5) is 13.5. The van der Waals surface area contributed by atoms with E-state index in [1.54, 1.807) is 11.0 Å². The van der Waals surface area contributed by atoms with Crippen molar-refractivity contribution in [3.05, 3.63) is 65.5 Å². The van der Waals surface area contributed by atoms with Crippen molar-refractivity contribution in [3.8, 4) is 5.75 Å². The number of carboxylic acid groups (broad SMARTS) is 1. The Morgan fingerprint density at radius 3 is 2.57 bits per heavy atom. The van der Waals surface area contributed by atoms with Crippen LogP contribution >= 0.6 is 0 Å². The van der Waals surface area contributed by atoms with Crippen LogP contribution in [0.4, 0.5) is 17.6 Å². The molecule has 2 aromatic carbocycles. The first-order chi connectivity index (χ1) is 13.2. The second-order valence-electron chi connectivity index (χ2n) is 6.27. The lowest BCUT2D eigenvalue weighted by molar-refractivity contribution is -0.274. The largest absolute Gasteiger partial charge is 0.573 e. The second-order valence-corrected chi connectivity index (χ2v) is 6.27. The Labute approximate surface area is 158 Å². The van der Waals surface area contributed by atoms with Crippen molar-refractivity contribution < 1.29 is 36.9 Å². The Bertz CT molecular complexity index is 825. The number of aliphatic carboxylic acids is 1. The van der Waals surface area contributed by atoms with Crippen LogP contribution in [-0.2, 0) is 9.53 Å². The molecule has 1 fully saturated rings. The minimum atomic E-state index is -4.81. The number of rotatable bonds is 5. The maximum atomic E-state index is 13.2. The third kappa shape index (κ3) is 4.99. The van der Waals surface area contributed by atoms with Gasteiger partial charge in [-0.15, -0.1) is 13.2 Å². The molecule has 0 bridgehead atoms. The SMILES string of the molecule is O=C(O)C(c1ccc(F)cc1)N1CCOC(c2cccc(OC(F)(F)F)c2)C1. The van der Waals surface area contributed by atoms with Gasteiger partial charge in [0.1, 0.15) is 17.6 Å². The summed E-state index contributed by atoms with van der Waals surface area (Å²) in [6.45, 7) is 0.646. The molecule has 0 amide bonds. The van der Waals surface area contributed by atoms with Gasteiger partial charge < -0.3 is 14.6 Å². The molecule has 5 nitrogen and oxygen atoms in total. The van der Waals surface area contributed by atoms with E-state index < -0.39 is 30.3 Å². The summed E-state index contributed by atoms with van der Waals surface area (Å²) in [5.41, 5.74) is 0.846. The number of carboxylic acids is 1. The number of hydrogen-bond acceptors (Lipinski definition) is 4. The van der Waals surface area contributed by atoms with Crippen LogP contribution in [0.2, 0.25) is 0 Å². The number of halogens is 4. The summed E-state index contributed by atoms with van der Waals surface area (Å²) in [5, 5.41) is 9.66. The van der Waals surface area contributed by atoms with Crippen LogP contribution in [0.5, 0.6) is 5.75 Å². The zero-order valence-corrected chi connectivity index (χ0v) is 14.5. The summed E-state index contributed by atoms with van der Waals surface area (Å²) < 4.78 is 60.0. The van der Waals surface area contributed by atoms with Crippen LogP contribution in [0, 0.1) is 5.82 Å². The van der Waals surface area contributed by atoms with Gasteiger partial charge in [-0.25, -0.2) is 4.39 Å². The molecule has 0 saturated carbocycles. The van der Waals surface area contributed by atoms with E-state index in [2.05, 4.69) is 4.74 Å². The van der Waals surface area contributed by atoms with E-state index in [4.69, 9.17) is 4.74 Å². The Morgan fingerprint density at radius 2 is 1.93 bits per heavy atom. The molecule has 28 heavy (non-hydrogen) atoms. The average Bonchev–Trinajstić information content (AvgIpc) is 2.62. The molecular formula is C19H17F4NO4. The van der Waals surface area contributed by atoms with E-state index in [9.17, 15) is 27.5 Å². The number of morpholine rings is 1. The number of hydrogen-bond donors (Lipinski definition) is 1. The monoisotopic (exact) mass is 399 g/mol. The van der Waals surface area contributed by atoms with Crippen LogP contribution in [0.25, 0.3) is 0 Å². The normalized spacial score (nSPS) is 19.2. The molecule has 0 aromatic heterocycles. The molecule has 2 aromatic rings. The van der Waals surface area contributed by atoms with Crippen molar-refractivity contribution in [1.82, 2.24) is 4.90 Å². The molecule has 9 heteroatoms. The molecule has 2 atom stereocenters. The smallest absolute Gasteiger partial charge is 0.480 e. The molecule has 1 aliphatic rings. The first-order valence-corrected chi connectivity index (χ1v) is 8.42. The summed E-state index contributed by atoms with van der Waals surface area (Å²) in [6, 6.07) is 9.53. The number of benzene rings is 2. The predicted molar refractivity (Wildman–Crippen MR) is 90.2 cm³/mol. The van der Waals surface area contributed by atoms with Crippen LogP contribution in [-0.4, -0.2) is 42.0 Å². The van der Waals surface area contributed by atoms with Gasteiger partial charge in [0.25, 0.3) is 0 Å². The fourth-order valence-electron chi connectivity index (χ4n) is 3.17. The van der Waals surface area contributed by atoms with Crippen molar-refractivity contribution in [3.63, 3.8) is 0 Å². The quantitative estimate of drug-likeness (QED) is 0.773. The summed E-state index contributed by atoms with van der Waals surface area (Å²) >= 11 is 0. The molecule has 0 aliphatic carbocycles. The predicted octanol–water partition coefficient (Wildman–Crippen LogP) is 3.92. The third-order valence-corrected chi connectivity index (χ3v) is 4.35. The van der Waals surface area contributed by atoms with Crippen LogP contribution in [0.1, 0.15) is 23.3 Å². The highest BCUT2D eigenvalue weighted by atomic mass is 19.4. The molecule has 0 radical (unpaired) electrons. The number of alkyl halides is 3. The molecule has 150 valence electrons. The maximum Gasteiger partial charge on any atom is 0.573 e. The van der Waals surface area contributed by atoms with Gasteiger partial charge in [-0.2, -0.15) is 0 Å². The van der Waals surface area contributed by atoms with Gasteiger partial charge in [-0.05, 0) is 35.4 Å².